The largest absolute Gasteiger partial charge is 0.448 e. The Hall–Kier alpha value is -2.94. The lowest BCUT2D eigenvalue weighted by molar-refractivity contribution is -0.385. The first kappa shape index (κ1) is 13.5. The topological polar surface area (TPSA) is 76.2 Å². The molecule has 0 bridgehead atoms. The molecule has 0 aliphatic carbocycles. The van der Waals surface area contributed by atoms with Crippen LogP contribution in [0.25, 0.3) is 0 Å². The summed E-state index contributed by atoms with van der Waals surface area (Å²) in [6.45, 7) is 1.71. The summed E-state index contributed by atoms with van der Waals surface area (Å²) in [4.78, 5) is 10.2. The summed E-state index contributed by atoms with van der Waals surface area (Å²) in [7, 11) is 0. The molecule has 2 rings (SSSR count). The lowest BCUT2D eigenvalue weighted by Gasteiger charge is -2.10. The number of nitriles is 1. The molecule has 0 saturated carbocycles. The van der Waals surface area contributed by atoms with Gasteiger partial charge in [0.15, 0.2) is 0 Å². The molecule has 0 N–H and O–H groups in total. The quantitative estimate of drug-likeness (QED) is 0.630. The van der Waals surface area contributed by atoms with Crippen LogP contribution in [0.15, 0.2) is 36.4 Å². The number of hydrogen-bond donors (Lipinski definition) is 0. The highest BCUT2D eigenvalue weighted by Crippen LogP contribution is 2.34. The van der Waals surface area contributed by atoms with E-state index < -0.39 is 16.4 Å². The smallest absolute Gasteiger partial charge is 0.314 e. The minimum Gasteiger partial charge on any atom is -0.448 e. The van der Waals surface area contributed by atoms with Crippen LogP contribution in [-0.2, 0) is 0 Å². The Morgan fingerprint density at radius 3 is 2.75 bits per heavy atom. The Kier molecular flexibility index (Phi) is 3.62. The van der Waals surface area contributed by atoms with Gasteiger partial charge in [-0.15, -0.1) is 0 Å². The minimum absolute atomic E-state index is 0.109. The number of rotatable bonds is 3. The summed E-state index contributed by atoms with van der Waals surface area (Å²) < 4.78 is 18.5. The van der Waals surface area contributed by atoms with Gasteiger partial charge < -0.3 is 4.74 Å². The molecule has 0 saturated heterocycles. The van der Waals surface area contributed by atoms with Crippen LogP contribution in [0.3, 0.4) is 0 Å². The number of nitrogens with zero attached hydrogens (tertiary/aromatic N) is 2. The molecule has 0 aliphatic heterocycles. The minimum atomic E-state index is -0.733. The standard InChI is InChI=1S/C14H9FN2O3/c1-9-3-2-4-10(8-16)14(9)20-13-6-5-11(15)7-12(13)17(18)19/h2-7H,1H3. The van der Waals surface area contributed by atoms with Gasteiger partial charge in [0.2, 0.25) is 5.75 Å². The lowest BCUT2D eigenvalue weighted by atomic mass is 10.1. The van der Waals surface area contributed by atoms with Gasteiger partial charge in [0.05, 0.1) is 16.6 Å². The third-order valence-electron chi connectivity index (χ3n) is 2.66. The molecule has 100 valence electrons. The Balaban J connectivity index is 2.51. The summed E-state index contributed by atoms with van der Waals surface area (Å²) >= 11 is 0. The molecular weight excluding hydrogens is 263 g/mol. The first-order valence-corrected chi connectivity index (χ1v) is 5.64. The molecule has 0 heterocycles. The van der Waals surface area contributed by atoms with Crippen LogP contribution in [0.2, 0.25) is 0 Å². The van der Waals surface area contributed by atoms with Gasteiger partial charge in [0, 0.05) is 0 Å². The number of para-hydroxylation sites is 1. The highest BCUT2D eigenvalue weighted by Gasteiger charge is 2.19. The molecule has 2 aromatic rings. The van der Waals surface area contributed by atoms with Crippen LogP contribution in [0.4, 0.5) is 10.1 Å². The molecule has 20 heavy (non-hydrogen) atoms. The molecule has 0 amide bonds. The Morgan fingerprint density at radius 2 is 2.10 bits per heavy atom. The van der Waals surface area contributed by atoms with Crippen LogP contribution < -0.4 is 4.74 Å². The van der Waals surface area contributed by atoms with E-state index in [2.05, 4.69) is 0 Å². The molecule has 0 radical (unpaired) electrons. The number of nitro groups is 1. The second-order valence-electron chi connectivity index (χ2n) is 4.03. The highest BCUT2D eigenvalue weighted by atomic mass is 19.1. The Bertz CT molecular complexity index is 723. The van der Waals surface area contributed by atoms with Crippen molar-refractivity contribution in [1.82, 2.24) is 0 Å². The lowest BCUT2D eigenvalue weighted by Crippen LogP contribution is -1.97. The predicted molar refractivity (Wildman–Crippen MR) is 69.0 cm³/mol. The number of nitro benzene ring substituents is 1. The third-order valence-corrected chi connectivity index (χ3v) is 2.66. The van der Waals surface area contributed by atoms with E-state index in [4.69, 9.17) is 10.00 Å². The fourth-order valence-corrected chi connectivity index (χ4v) is 1.71. The van der Waals surface area contributed by atoms with E-state index in [0.717, 1.165) is 12.1 Å². The van der Waals surface area contributed by atoms with Crippen LogP contribution in [0, 0.1) is 34.2 Å². The maximum Gasteiger partial charge on any atom is 0.314 e. The summed E-state index contributed by atoms with van der Waals surface area (Å²) in [5.41, 5.74) is 0.420. The number of aryl methyl sites for hydroxylation is 1. The normalized spacial score (nSPS) is 9.85. The average Bonchev–Trinajstić information content (AvgIpc) is 2.42. The van der Waals surface area contributed by atoms with Crippen LogP contribution in [-0.4, -0.2) is 4.92 Å². The third kappa shape index (κ3) is 2.57. The summed E-state index contributed by atoms with van der Waals surface area (Å²) in [6.07, 6.45) is 0. The van der Waals surface area contributed by atoms with Crippen LogP contribution in [0.1, 0.15) is 11.1 Å². The monoisotopic (exact) mass is 272 g/mol. The van der Waals surface area contributed by atoms with Crippen molar-refractivity contribution in [3.05, 3.63) is 63.5 Å². The second-order valence-corrected chi connectivity index (χ2v) is 4.03. The molecule has 0 fully saturated rings. The van der Waals surface area contributed by atoms with E-state index in [1.165, 1.54) is 12.1 Å². The predicted octanol–water partition coefficient (Wildman–Crippen LogP) is 3.71. The van der Waals surface area contributed by atoms with Gasteiger partial charge in [-0.25, -0.2) is 4.39 Å². The van der Waals surface area contributed by atoms with E-state index in [-0.39, 0.29) is 17.1 Å². The zero-order chi connectivity index (χ0) is 14.7. The zero-order valence-corrected chi connectivity index (χ0v) is 10.5. The molecule has 5 nitrogen and oxygen atoms in total. The average molecular weight is 272 g/mol. The van der Waals surface area contributed by atoms with Gasteiger partial charge in [0.25, 0.3) is 0 Å². The van der Waals surface area contributed by atoms with Crippen molar-refractivity contribution in [1.29, 1.82) is 5.26 Å². The maximum absolute atomic E-state index is 13.1. The van der Waals surface area contributed by atoms with E-state index in [1.54, 1.807) is 19.1 Å². The highest BCUT2D eigenvalue weighted by molar-refractivity contribution is 5.54. The molecule has 0 unspecified atom stereocenters. The second kappa shape index (κ2) is 5.36. The van der Waals surface area contributed by atoms with Gasteiger partial charge in [-0.3, -0.25) is 10.1 Å². The first-order chi connectivity index (χ1) is 9.52. The van der Waals surface area contributed by atoms with E-state index in [9.17, 15) is 14.5 Å². The van der Waals surface area contributed by atoms with E-state index >= 15 is 0 Å². The summed E-state index contributed by atoms with van der Waals surface area (Å²) in [6, 6.07) is 9.89. The van der Waals surface area contributed by atoms with Crippen molar-refractivity contribution in [2.45, 2.75) is 6.92 Å². The van der Waals surface area contributed by atoms with Crippen molar-refractivity contribution in [3.8, 4) is 17.6 Å². The van der Waals surface area contributed by atoms with Crippen LogP contribution in [0.5, 0.6) is 11.5 Å². The number of halogens is 1. The fraction of sp³-hybridized carbons (Fsp3) is 0.0714. The van der Waals surface area contributed by atoms with Gasteiger partial charge in [-0.05, 0) is 30.7 Å². The first-order valence-electron chi connectivity index (χ1n) is 5.64. The Morgan fingerprint density at radius 1 is 1.35 bits per heavy atom. The number of benzene rings is 2. The van der Waals surface area contributed by atoms with Crippen LogP contribution >= 0.6 is 0 Å². The van der Waals surface area contributed by atoms with Crippen molar-refractivity contribution < 1.29 is 14.1 Å². The van der Waals surface area contributed by atoms with Gasteiger partial charge in [-0.2, -0.15) is 5.26 Å². The van der Waals surface area contributed by atoms with E-state index in [1.807, 2.05) is 6.07 Å². The van der Waals surface area contributed by atoms with Crippen molar-refractivity contribution >= 4 is 5.69 Å². The molecule has 2 aromatic carbocycles. The van der Waals surface area contributed by atoms with Gasteiger partial charge >= 0.3 is 5.69 Å². The van der Waals surface area contributed by atoms with Crippen molar-refractivity contribution in [2.24, 2.45) is 0 Å². The fourth-order valence-electron chi connectivity index (χ4n) is 1.71. The molecule has 0 atom stereocenters. The molecule has 0 aromatic heterocycles. The zero-order valence-electron chi connectivity index (χ0n) is 10.5. The van der Waals surface area contributed by atoms with Gasteiger partial charge in [-0.1, -0.05) is 12.1 Å². The van der Waals surface area contributed by atoms with Crippen molar-refractivity contribution in [3.63, 3.8) is 0 Å². The summed E-state index contributed by atoms with van der Waals surface area (Å²) in [5, 5.41) is 19.9. The maximum atomic E-state index is 13.1. The Labute approximate surface area is 114 Å². The molecule has 0 spiro atoms. The van der Waals surface area contributed by atoms with Crippen molar-refractivity contribution in [2.75, 3.05) is 0 Å². The molecular formula is C14H9FN2O3. The van der Waals surface area contributed by atoms with E-state index in [0.29, 0.717) is 5.56 Å². The van der Waals surface area contributed by atoms with Gasteiger partial charge in [0.1, 0.15) is 17.6 Å². The molecule has 6 heteroatoms. The number of hydrogen-bond acceptors (Lipinski definition) is 4. The SMILES string of the molecule is Cc1cccc(C#N)c1Oc1ccc(F)cc1[N+](=O)[O-]. The molecule has 0 aliphatic rings. The summed E-state index contributed by atoms with van der Waals surface area (Å²) in [5.74, 6) is -0.610. The number of ether oxygens (including phenoxy) is 1.